The molecule has 4 bridgehead atoms. The van der Waals surface area contributed by atoms with Crippen molar-refractivity contribution in [2.75, 3.05) is 26.4 Å². The second-order valence-corrected chi connectivity index (χ2v) is 6.16. The smallest absolute Gasteiger partial charge is 0.255 e. The van der Waals surface area contributed by atoms with Crippen molar-refractivity contribution >= 4 is 11.8 Å². The van der Waals surface area contributed by atoms with Crippen LogP contribution in [0.25, 0.3) is 11.3 Å². The number of carbonyl (C=O) groups excluding carboxylic acids is 2. The van der Waals surface area contributed by atoms with E-state index in [1.165, 1.54) is 0 Å². The zero-order valence-electron chi connectivity index (χ0n) is 18.1. The first kappa shape index (κ1) is 23.8. The number of pyridine rings is 2. The Bertz CT molecular complexity index is 956. The summed E-state index contributed by atoms with van der Waals surface area (Å²) in [5, 5.41) is 5.44. The summed E-state index contributed by atoms with van der Waals surface area (Å²) in [6, 6.07) is 6.81. The molecule has 2 amide bonds. The van der Waals surface area contributed by atoms with Crippen molar-refractivity contribution < 1.29 is 19.1 Å². The average molecular weight is 425 g/mol. The van der Waals surface area contributed by atoms with Gasteiger partial charge in [0, 0.05) is 41.8 Å². The van der Waals surface area contributed by atoms with E-state index >= 15 is 0 Å². The molecule has 8 heteroatoms. The summed E-state index contributed by atoms with van der Waals surface area (Å²) in [6.45, 7) is 10.8. The molecule has 3 heterocycles. The monoisotopic (exact) mass is 424 g/mol. The Labute approximate surface area is 182 Å². The molecule has 0 unspecified atom stereocenters. The number of hydrogen-bond acceptors (Lipinski definition) is 6. The lowest BCUT2D eigenvalue weighted by Crippen LogP contribution is -2.33. The summed E-state index contributed by atoms with van der Waals surface area (Å²) >= 11 is 0. The summed E-state index contributed by atoms with van der Waals surface area (Å²) in [4.78, 5) is 33.5. The summed E-state index contributed by atoms with van der Waals surface area (Å²) in [5.74, 6) is -0.315. The van der Waals surface area contributed by atoms with Crippen LogP contribution in [-0.2, 0) is 9.53 Å². The van der Waals surface area contributed by atoms with Crippen LogP contribution in [0.1, 0.15) is 31.1 Å². The normalized spacial score (nSPS) is 16.6. The van der Waals surface area contributed by atoms with E-state index in [2.05, 4.69) is 27.2 Å². The van der Waals surface area contributed by atoms with Crippen molar-refractivity contribution in [3.8, 4) is 17.1 Å². The highest BCUT2D eigenvalue weighted by Crippen LogP contribution is 2.21. The third kappa shape index (κ3) is 6.75. The maximum Gasteiger partial charge on any atom is 0.255 e. The van der Waals surface area contributed by atoms with Gasteiger partial charge in [-0.2, -0.15) is 0 Å². The quantitative estimate of drug-likeness (QED) is 0.631. The Morgan fingerprint density at radius 3 is 2.52 bits per heavy atom. The van der Waals surface area contributed by atoms with Gasteiger partial charge in [0.25, 0.3) is 11.8 Å². The van der Waals surface area contributed by atoms with Crippen LogP contribution in [0, 0.1) is 0 Å². The van der Waals surface area contributed by atoms with Gasteiger partial charge in [-0.1, -0.05) is 26.5 Å². The number of aromatic nitrogens is 2. The second-order valence-electron chi connectivity index (χ2n) is 6.16. The minimum atomic E-state index is -0.381. The molecular formula is C23H28N4O4. The first-order chi connectivity index (χ1) is 15.1. The summed E-state index contributed by atoms with van der Waals surface area (Å²) in [7, 11) is 0. The molecule has 164 valence electrons. The number of hydrogen-bond donors (Lipinski definition) is 2. The molecule has 1 aliphatic heterocycles. The van der Waals surface area contributed by atoms with Crippen molar-refractivity contribution in [1.82, 2.24) is 20.6 Å². The number of nitrogens with one attached hydrogen (secondary N) is 2. The van der Waals surface area contributed by atoms with E-state index < -0.39 is 0 Å². The van der Waals surface area contributed by atoms with Crippen LogP contribution in [-0.4, -0.2) is 48.1 Å². The number of allylic oxidation sites excluding steroid dienone is 1. The van der Waals surface area contributed by atoms with Gasteiger partial charge in [0.2, 0.25) is 5.88 Å². The minimum absolute atomic E-state index is 0.165. The highest BCUT2D eigenvalue weighted by atomic mass is 16.5. The molecule has 0 radical (unpaired) electrons. The lowest BCUT2D eigenvalue weighted by molar-refractivity contribution is -0.117. The zero-order chi connectivity index (χ0) is 22.6. The van der Waals surface area contributed by atoms with Gasteiger partial charge >= 0.3 is 0 Å². The predicted octanol–water partition coefficient (Wildman–Crippen LogP) is 2.88. The highest BCUT2D eigenvalue weighted by Gasteiger charge is 2.16. The third-order valence-corrected chi connectivity index (χ3v) is 4.20. The molecular weight excluding hydrogens is 396 g/mol. The highest BCUT2D eigenvalue weighted by molar-refractivity contribution is 6.01. The van der Waals surface area contributed by atoms with Crippen molar-refractivity contribution in [1.29, 1.82) is 0 Å². The average Bonchev–Trinajstić information content (AvgIpc) is 2.82. The summed E-state index contributed by atoms with van der Waals surface area (Å²) in [6.07, 6.45) is 4.80. The largest absolute Gasteiger partial charge is 0.475 e. The minimum Gasteiger partial charge on any atom is -0.475 e. The Hall–Kier alpha value is -3.52. The van der Waals surface area contributed by atoms with Crippen molar-refractivity contribution in [3.63, 3.8) is 0 Å². The number of rotatable bonds is 0. The number of amides is 2. The van der Waals surface area contributed by atoms with Gasteiger partial charge < -0.3 is 20.1 Å². The molecule has 0 spiro atoms. The lowest BCUT2D eigenvalue weighted by Gasteiger charge is -2.14. The van der Waals surface area contributed by atoms with E-state index in [-0.39, 0.29) is 17.4 Å². The maximum atomic E-state index is 12.7. The Kier molecular flexibility index (Phi) is 9.38. The van der Waals surface area contributed by atoms with Crippen LogP contribution in [0.5, 0.6) is 5.88 Å². The Balaban J connectivity index is 0.00000166. The van der Waals surface area contributed by atoms with Crippen LogP contribution in [0.4, 0.5) is 0 Å². The van der Waals surface area contributed by atoms with Gasteiger partial charge in [-0.15, -0.1) is 0 Å². The van der Waals surface area contributed by atoms with E-state index in [0.29, 0.717) is 49.2 Å². The molecule has 0 aromatic carbocycles. The maximum absolute atomic E-state index is 12.7. The molecule has 31 heavy (non-hydrogen) atoms. The standard InChI is InChI=1S/C21H22N4O4.C2H6/c1-3-17-14(2)20(26)24-8-9-28-10-11-29-19-13-15(4-7-23-19)18-12-16(5-6-22-18)21(27)25-17;1-2/h3-7,12-13H,2,8-11H2,1H3,(H,24,26)(H,25,27);1-2H3/b17-3+;. The van der Waals surface area contributed by atoms with E-state index in [4.69, 9.17) is 9.47 Å². The molecule has 8 nitrogen and oxygen atoms in total. The predicted molar refractivity (Wildman–Crippen MR) is 119 cm³/mol. The molecule has 0 saturated heterocycles. The SMILES string of the molecule is C=C1C(=O)NCCOCCOc2cc(ccn2)-c2cc(ccn2)C(=O)N/C1=C/C.CC. The number of nitrogens with zero attached hydrogens (tertiary/aromatic N) is 2. The van der Waals surface area contributed by atoms with E-state index in [0.717, 1.165) is 5.56 Å². The molecule has 3 rings (SSSR count). The molecule has 0 aliphatic carbocycles. The molecule has 1 aliphatic rings. The van der Waals surface area contributed by atoms with E-state index in [9.17, 15) is 9.59 Å². The fourth-order valence-corrected chi connectivity index (χ4v) is 2.67. The molecule has 2 N–H and O–H groups in total. The van der Waals surface area contributed by atoms with Gasteiger partial charge in [0.05, 0.1) is 24.5 Å². The van der Waals surface area contributed by atoms with Crippen LogP contribution in [0.2, 0.25) is 0 Å². The fourth-order valence-electron chi connectivity index (χ4n) is 2.67. The van der Waals surface area contributed by atoms with Crippen LogP contribution in [0.15, 0.2) is 60.6 Å². The van der Waals surface area contributed by atoms with Crippen molar-refractivity contribution in [2.45, 2.75) is 20.8 Å². The molecule has 2 aromatic rings. The molecule has 0 fully saturated rings. The van der Waals surface area contributed by atoms with Crippen molar-refractivity contribution in [3.05, 3.63) is 66.1 Å². The molecule has 2 aromatic heterocycles. The Morgan fingerprint density at radius 2 is 1.74 bits per heavy atom. The van der Waals surface area contributed by atoms with Crippen LogP contribution >= 0.6 is 0 Å². The topological polar surface area (TPSA) is 102 Å². The lowest BCUT2D eigenvalue weighted by atomic mass is 10.1. The second kappa shape index (κ2) is 12.2. The van der Waals surface area contributed by atoms with E-state index in [1.807, 2.05) is 13.8 Å². The Morgan fingerprint density at radius 1 is 1.00 bits per heavy atom. The molecule has 0 atom stereocenters. The van der Waals surface area contributed by atoms with Gasteiger partial charge in [-0.3, -0.25) is 14.6 Å². The summed E-state index contributed by atoms with van der Waals surface area (Å²) < 4.78 is 11.0. The van der Waals surface area contributed by atoms with E-state index in [1.54, 1.807) is 49.7 Å². The van der Waals surface area contributed by atoms with Gasteiger partial charge in [0.1, 0.15) is 6.61 Å². The van der Waals surface area contributed by atoms with Gasteiger partial charge in [-0.25, -0.2) is 4.98 Å². The van der Waals surface area contributed by atoms with Gasteiger partial charge in [0.15, 0.2) is 0 Å². The van der Waals surface area contributed by atoms with Crippen LogP contribution in [0.3, 0.4) is 0 Å². The van der Waals surface area contributed by atoms with Gasteiger partial charge in [-0.05, 0) is 25.1 Å². The zero-order valence-corrected chi connectivity index (χ0v) is 18.1. The number of ether oxygens (including phenoxy) is 2. The number of carbonyl (C=O) groups is 2. The van der Waals surface area contributed by atoms with Crippen molar-refractivity contribution in [2.24, 2.45) is 0 Å². The van der Waals surface area contributed by atoms with Crippen LogP contribution < -0.4 is 15.4 Å². The molecule has 0 saturated carbocycles. The first-order valence-electron chi connectivity index (χ1n) is 10.2. The number of fused-ring (bicyclic) bond motifs is 5. The fraction of sp³-hybridized carbons (Fsp3) is 0.304. The first-order valence-corrected chi connectivity index (χ1v) is 10.2. The summed E-state index contributed by atoms with van der Waals surface area (Å²) in [5.41, 5.74) is 2.27. The third-order valence-electron chi connectivity index (χ3n) is 4.20.